The third-order valence-electron chi connectivity index (χ3n) is 3.04. The number of esters is 1. The van der Waals surface area contributed by atoms with Crippen LogP contribution in [0.2, 0.25) is 0 Å². The number of benzene rings is 1. The summed E-state index contributed by atoms with van der Waals surface area (Å²) in [5, 5.41) is 16.6. The van der Waals surface area contributed by atoms with Crippen LogP contribution < -0.4 is 0 Å². The standard InChI is InChI=1S/C16H13NO3S2/c1-10-2-3-13(14(18)6-10)16(19)20-7-12-9-22-15(17-12)11-4-5-21-8-11/h2-6,8-9,18H,7H2,1H3. The second-order valence-electron chi connectivity index (χ2n) is 4.75. The second-order valence-corrected chi connectivity index (χ2v) is 6.39. The Bertz CT molecular complexity index is 794. The molecular weight excluding hydrogens is 318 g/mol. The number of thiophene rings is 1. The number of hydrogen-bond acceptors (Lipinski definition) is 6. The van der Waals surface area contributed by atoms with E-state index in [-0.39, 0.29) is 17.9 Å². The molecule has 6 heteroatoms. The highest BCUT2D eigenvalue weighted by Gasteiger charge is 2.14. The van der Waals surface area contributed by atoms with E-state index in [1.54, 1.807) is 23.5 Å². The van der Waals surface area contributed by atoms with E-state index in [2.05, 4.69) is 4.98 Å². The first-order valence-electron chi connectivity index (χ1n) is 6.57. The van der Waals surface area contributed by atoms with Gasteiger partial charge in [-0.1, -0.05) is 6.07 Å². The molecular formula is C16H13NO3S2. The zero-order valence-electron chi connectivity index (χ0n) is 11.8. The molecule has 0 fully saturated rings. The minimum absolute atomic E-state index is 0.0674. The molecule has 0 aliphatic rings. The summed E-state index contributed by atoms with van der Waals surface area (Å²) in [6.07, 6.45) is 0. The lowest BCUT2D eigenvalue weighted by molar-refractivity contribution is 0.0465. The van der Waals surface area contributed by atoms with Crippen molar-refractivity contribution in [3.63, 3.8) is 0 Å². The Morgan fingerprint density at radius 2 is 2.18 bits per heavy atom. The summed E-state index contributed by atoms with van der Waals surface area (Å²) >= 11 is 3.13. The van der Waals surface area contributed by atoms with Crippen molar-refractivity contribution in [2.24, 2.45) is 0 Å². The number of nitrogens with zero attached hydrogens (tertiary/aromatic N) is 1. The van der Waals surface area contributed by atoms with Crippen LogP contribution in [0.15, 0.2) is 40.4 Å². The number of hydrogen-bond donors (Lipinski definition) is 1. The van der Waals surface area contributed by atoms with E-state index in [1.807, 2.05) is 29.1 Å². The van der Waals surface area contributed by atoms with Gasteiger partial charge in [0.15, 0.2) is 0 Å². The van der Waals surface area contributed by atoms with Crippen molar-refractivity contribution in [3.05, 3.63) is 57.2 Å². The van der Waals surface area contributed by atoms with Gasteiger partial charge in [-0.3, -0.25) is 0 Å². The number of ether oxygens (including phenoxy) is 1. The van der Waals surface area contributed by atoms with Gasteiger partial charge in [-0.05, 0) is 36.1 Å². The normalized spacial score (nSPS) is 10.6. The van der Waals surface area contributed by atoms with E-state index in [9.17, 15) is 9.90 Å². The van der Waals surface area contributed by atoms with Crippen molar-refractivity contribution in [3.8, 4) is 16.3 Å². The minimum Gasteiger partial charge on any atom is -0.507 e. The Kier molecular flexibility index (Phi) is 4.22. The first-order valence-corrected chi connectivity index (χ1v) is 8.39. The topological polar surface area (TPSA) is 59.4 Å². The molecule has 0 spiro atoms. The lowest BCUT2D eigenvalue weighted by Gasteiger charge is -2.05. The van der Waals surface area contributed by atoms with E-state index in [0.717, 1.165) is 16.1 Å². The van der Waals surface area contributed by atoms with Crippen LogP contribution in [0.5, 0.6) is 5.75 Å². The molecule has 3 aromatic rings. The molecule has 22 heavy (non-hydrogen) atoms. The van der Waals surface area contributed by atoms with Crippen molar-refractivity contribution < 1.29 is 14.6 Å². The zero-order valence-corrected chi connectivity index (χ0v) is 13.4. The van der Waals surface area contributed by atoms with Crippen LogP contribution in [0.3, 0.4) is 0 Å². The summed E-state index contributed by atoms with van der Waals surface area (Å²) in [5.74, 6) is -0.621. The SMILES string of the molecule is Cc1ccc(C(=O)OCc2csc(-c3ccsc3)n2)c(O)c1. The number of aryl methyl sites for hydroxylation is 1. The van der Waals surface area contributed by atoms with Gasteiger partial charge in [-0.15, -0.1) is 11.3 Å². The lowest BCUT2D eigenvalue weighted by atomic mass is 10.1. The number of rotatable bonds is 4. The van der Waals surface area contributed by atoms with Gasteiger partial charge in [-0.2, -0.15) is 11.3 Å². The second kappa shape index (κ2) is 6.29. The highest BCUT2D eigenvalue weighted by atomic mass is 32.1. The molecule has 2 aromatic heterocycles. The zero-order chi connectivity index (χ0) is 15.5. The number of phenols is 1. The Balaban J connectivity index is 1.66. The Hall–Kier alpha value is -2.18. The fraction of sp³-hybridized carbons (Fsp3) is 0.125. The summed E-state index contributed by atoms with van der Waals surface area (Å²) in [6, 6.07) is 6.86. The van der Waals surface area contributed by atoms with Crippen molar-refractivity contribution in [2.45, 2.75) is 13.5 Å². The Morgan fingerprint density at radius 3 is 2.91 bits per heavy atom. The summed E-state index contributed by atoms with van der Waals surface area (Å²) in [5.41, 5.74) is 2.82. The summed E-state index contributed by atoms with van der Waals surface area (Å²) in [6.45, 7) is 1.93. The highest BCUT2D eigenvalue weighted by Crippen LogP contribution is 2.26. The smallest absolute Gasteiger partial charge is 0.342 e. The molecule has 1 N–H and O–H groups in total. The summed E-state index contributed by atoms with van der Waals surface area (Å²) < 4.78 is 5.21. The molecule has 0 amide bonds. The molecule has 0 atom stereocenters. The molecule has 0 aliphatic carbocycles. The number of carbonyl (C=O) groups excluding carboxylic acids is 1. The molecule has 0 bridgehead atoms. The monoisotopic (exact) mass is 331 g/mol. The Morgan fingerprint density at radius 1 is 1.32 bits per heavy atom. The molecule has 0 saturated carbocycles. The molecule has 112 valence electrons. The number of aromatic nitrogens is 1. The first-order chi connectivity index (χ1) is 10.6. The van der Waals surface area contributed by atoms with Crippen LogP contribution >= 0.6 is 22.7 Å². The molecule has 0 unspecified atom stereocenters. The van der Waals surface area contributed by atoms with Gasteiger partial charge in [0.25, 0.3) is 0 Å². The van der Waals surface area contributed by atoms with Gasteiger partial charge in [0.2, 0.25) is 0 Å². The number of phenolic OH excluding ortho intramolecular Hbond substituents is 1. The fourth-order valence-electron chi connectivity index (χ4n) is 1.92. The lowest BCUT2D eigenvalue weighted by Crippen LogP contribution is -2.05. The van der Waals surface area contributed by atoms with Crippen LogP contribution in [-0.2, 0) is 11.3 Å². The molecule has 0 radical (unpaired) electrons. The van der Waals surface area contributed by atoms with Crippen molar-refractivity contribution in [2.75, 3.05) is 0 Å². The van der Waals surface area contributed by atoms with Crippen molar-refractivity contribution >= 4 is 28.6 Å². The van der Waals surface area contributed by atoms with Gasteiger partial charge >= 0.3 is 5.97 Å². The van der Waals surface area contributed by atoms with Gasteiger partial charge in [0.05, 0.1) is 5.69 Å². The van der Waals surface area contributed by atoms with Crippen LogP contribution in [0.4, 0.5) is 0 Å². The van der Waals surface area contributed by atoms with Crippen molar-refractivity contribution in [1.29, 1.82) is 0 Å². The third kappa shape index (κ3) is 3.18. The predicted molar refractivity (Wildman–Crippen MR) is 87.4 cm³/mol. The highest BCUT2D eigenvalue weighted by molar-refractivity contribution is 7.14. The predicted octanol–water partition coefficient (Wildman–Crippen LogP) is 4.24. The largest absolute Gasteiger partial charge is 0.507 e. The van der Waals surface area contributed by atoms with E-state index < -0.39 is 5.97 Å². The van der Waals surface area contributed by atoms with E-state index in [0.29, 0.717) is 5.69 Å². The molecule has 0 saturated heterocycles. The number of aromatic hydroxyl groups is 1. The van der Waals surface area contributed by atoms with E-state index in [4.69, 9.17) is 4.74 Å². The van der Waals surface area contributed by atoms with Gasteiger partial charge in [0, 0.05) is 16.3 Å². The molecule has 4 nitrogen and oxygen atoms in total. The van der Waals surface area contributed by atoms with Gasteiger partial charge in [0.1, 0.15) is 22.9 Å². The van der Waals surface area contributed by atoms with E-state index >= 15 is 0 Å². The maximum atomic E-state index is 12.0. The van der Waals surface area contributed by atoms with Gasteiger partial charge in [-0.25, -0.2) is 9.78 Å². The number of carbonyl (C=O) groups is 1. The molecule has 0 aliphatic heterocycles. The molecule has 2 heterocycles. The maximum Gasteiger partial charge on any atom is 0.342 e. The molecule has 1 aromatic carbocycles. The quantitative estimate of drug-likeness (QED) is 0.726. The van der Waals surface area contributed by atoms with Crippen LogP contribution in [0, 0.1) is 6.92 Å². The first kappa shape index (κ1) is 14.7. The van der Waals surface area contributed by atoms with Crippen LogP contribution in [-0.4, -0.2) is 16.1 Å². The molecule has 3 rings (SSSR count). The Labute approximate surface area is 135 Å². The third-order valence-corrected chi connectivity index (χ3v) is 4.67. The summed E-state index contributed by atoms with van der Waals surface area (Å²) in [4.78, 5) is 16.4. The van der Waals surface area contributed by atoms with Gasteiger partial charge < -0.3 is 9.84 Å². The van der Waals surface area contributed by atoms with Crippen molar-refractivity contribution in [1.82, 2.24) is 4.98 Å². The fourth-order valence-corrected chi connectivity index (χ4v) is 3.44. The number of thiazole rings is 1. The average molecular weight is 331 g/mol. The summed E-state index contributed by atoms with van der Waals surface area (Å²) in [7, 11) is 0. The van der Waals surface area contributed by atoms with E-state index in [1.165, 1.54) is 17.4 Å². The maximum absolute atomic E-state index is 12.0. The van der Waals surface area contributed by atoms with Crippen LogP contribution in [0.25, 0.3) is 10.6 Å². The average Bonchev–Trinajstić information content (AvgIpc) is 3.16. The van der Waals surface area contributed by atoms with Crippen LogP contribution in [0.1, 0.15) is 21.6 Å². The minimum atomic E-state index is -0.553.